The zero-order valence-electron chi connectivity index (χ0n) is 22.8. The third-order valence-corrected chi connectivity index (χ3v) is 8.03. The quantitative estimate of drug-likeness (QED) is 0.189. The van der Waals surface area contributed by atoms with Gasteiger partial charge in [0.1, 0.15) is 29.5 Å². The van der Waals surface area contributed by atoms with E-state index < -0.39 is 18.8 Å². The van der Waals surface area contributed by atoms with Gasteiger partial charge in [0.05, 0.1) is 25.1 Å². The number of nitrogens with one attached hydrogen (secondary N) is 1. The summed E-state index contributed by atoms with van der Waals surface area (Å²) in [4.78, 5) is 25.2. The Labute approximate surface area is 227 Å². The highest BCUT2D eigenvalue weighted by Crippen LogP contribution is 2.44. The van der Waals surface area contributed by atoms with Crippen LogP contribution in [0.2, 0.25) is 0 Å². The first-order chi connectivity index (χ1) is 18.5. The van der Waals surface area contributed by atoms with E-state index in [2.05, 4.69) is 20.0 Å². The molecule has 4 rings (SSSR count). The Morgan fingerprint density at radius 3 is 2.56 bits per heavy atom. The molecule has 2 aromatic heterocycles. The lowest BCUT2D eigenvalue weighted by atomic mass is 10.1. The molecule has 2 atom stereocenters. The van der Waals surface area contributed by atoms with Gasteiger partial charge in [-0.2, -0.15) is 0 Å². The lowest BCUT2D eigenvalue weighted by Gasteiger charge is -2.31. The van der Waals surface area contributed by atoms with Gasteiger partial charge in [0.25, 0.3) is 0 Å². The third kappa shape index (κ3) is 7.11. The Morgan fingerprint density at radius 1 is 1.08 bits per heavy atom. The molecule has 0 aliphatic rings. The zero-order chi connectivity index (χ0) is 28.2. The molecule has 0 aliphatic carbocycles. The molecule has 0 spiro atoms. The normalized spacial score (nSPS) is 14.4. The van der Waals surface area contributed by atoms with Crippen molar-refractivity contribution in [3.05, 3.63) is 55.1 Å². The molecule has 0 saturated heterocycles. The van der Waals surface area contributed by atoms with Gasteiger partial charge in [-0.15, -0.1) is 0 Å². The van der Waals surface area contributed by atoms with Crippen molar-refractivity contribution >= 4 is 41.0 Å². The highest BCUT2D eigenvalue weighted by molar-refractivity contribution is 7.61. The minimum absolute atomic E-state index is 0.177. The molecule has 0 aliphatic heterocycles. The van der Waals surface area contributed by atoms with Crippen molar-refractivity contribution in [1.29, 1.82) is 0 Å². The number of anilines is 1. The number of imidazole rings is 1. The van der Waals surface area contributed by atoms with Gasteiger partial charge in [-0.1, -0.05) is 30.3 Å². The largest absolute Gasteiger partial charge is 0.484 e. The van der Waals surface area contributed by atoms with E-state index in [4.69, 9.17) is 19.9 Å². The fraction of sp³-hybridized carbons (Fsp3) is 0.407. The number of carbonyl (C=O) groups excluding carboxylic acids is 1. The molecule has 39 heavy (non-hydrogen) atoms. The van der Waals surface area contributed by atoms with Crippen molar-refractivity contribution in [2.75, 3.05) is 18.4 Å². The predicted molar refractivity (Wildman–Crippen MR) is 151 cm³/mol. The molecule has 4 aromatic rings. The summed E-state index contributed by atoms with van der Waals surface area (Å²) in [5.41, 5.74) is 5.73. The number of nitrogens with two attached hydrogens (primary N) is 1. The number of benzene rings is 2. The second-order valence-corrected chi connectivity index (χ2v) is 12.8. The van der Waals surface area contributed by atoms with Gasteiger partial charge in [0.2, 0.25) is 7.29 Å². The number of nitrogens with zero attached hydrogens (tertiary/aromatic N) is 4. The van der Waals surface area contributed by atoms with E-state index >= 15 is 0 Å². The van der Waals surface area contributed by atoms with Crippen LogP contribution in [0.1, 0.15) is 34.6 Å². The summed E-state index contributed by atoms with van der Waals surface area (Å²) in [7, 11) is -3.43. The Balaban J connectivity index is 1.49. The van der Waals surface area contributed by atoms with Crippen LogP contribution in [0, 0.1) is 0 Å². The van der Waals surface area contributed by atoms with Gasteiger partial charge >= 0.3 is 5.97 Å². The first-order valence-corrected chi connectivity index (χ1v) is 14.8. The predicted octanol–water partition coefficient (Wildman–Crippen LogP) is 4.56. The second kappa shape index (κ2) is 11.7. The third-order valence-electron chi connectivity index (χ3n) is 5.95. The molecule has 0 saturated carbocycles. The van der Waals surface area contributed by atoms with E-state index in [0.717, 1.165) is 10.8 Å². The van der Waals surface area contributed by atoms with Gasteiger partial charge < -0.3 is 29.1 Å². The Bertz CT molecular complexity index is 1500. The van der Waals surface area contributed by atoms with E-state index in [0.29, 0.717) is 29.3 Å². The average Bonchev–Trinajstić information content (AvgIpc) is 3.29. The van der Waals surface area contributed by atoms with Crippen LogP contribution < -0.4 is 15.6 Å². The summed E-state index contributed by atoms with van der Waals surface area (Å²) in [6.07, 6.45) is 1.94. The highest BCUT2D eigenvalue weighted by atomic mass is 31.2. The van der Waals surface area contributed by atoms with Crippen LogP contribution in [0.5, 0.6) is 5.75 Å². The summed E-state index contributed by atoms with van der Waals surface area (Å²) in [5, 5.41) is 5.08. The number of carbonyl (C=O) groups is 1. The van der Waals surface area contributed by atoms with E-state index in [9.17, 15) is 9.36 Å². The summed E-state index contributed by atoms with van der Waals surface area (Å²) in [5.74, 6) is 0.342. The zero-order valence-corrected chi connectivity index (χ0v) is 23.7. The number of aromatic nitrogens is 4. The topological polar surface area (TPSA) is 143 Å². The van der Waals surface area contributed by atoms with Crippen LogP contribution >= 0.6 is 7.29 Å². The van der Waals surface area contributed by atoms with Gasteiger partial charge in [-0.3, -0.25) is 4.79 Å². The lowest BCUT2D eigenvalue weighted by Crippen LogP contribution is -2.48. The molecule has 0 fully saturated rings. The Morgan fingerprint density at radius 2 is 1.82 bits per heavy atom. The smallest absolute Gasteiger partial charge is 0.326 e. The molecule has 0 amide bonds. The Kier molecular flexibility index (Phi) is 8.54. The number of hydrogen-bond acceptors (Lipinski definition) is 9. The van der Waals surface area contributed by atoms with Crippen molar-refractivity contribution in [1.82, 2.24) is 24.6 Å². The van der Waals surface area contributed by atoms with Gasteiger partial charge in [-0.05, 0) is 57.5 Å². The minimum Gasteiger partial charge on any atom is -0.484 e. The molecule has 11 nitrogen and oxygen atoms in total. The van der Waals surface area contributed by atoms with E-state index in [-0.39, 0.29) is 24.9 Å². The van der Waals surface area contributed by atoms with Crippen LogP contribution in [0.3, 0.4) is 0 Å². The second-order valence-electron chi connectivity index (χ2n) is 10.3. The van der Waals surface area contributed by atoms with E-state index in [1.807, 2.05) is 49.4 Å². The summed E-state index contributed by atoms with van der Waals surface area (Å²) < 4.78 is 33.4. The van der Waals surface area contributed by atoms with Crippen molar-refractivity contribution in [2.24, 2.45) is 0 Å². The first-order valence-electron chi connectivity index (χ1n) is 12.7. The molecule has 208 valence electrons. The lowest BCUT2D eigenvalue weighted by molar-refractivity contribution is -0.153. The molecule has 12 heteroatoms. The van der Waals surface area contributed by atoms with Crippen LogP contribution in [0.25, 0.3) is 21.9 Å². The monoisotopic (exact) mass is 554 g/mol. The van der Waals surface area contributed by atoms with Crippen LogP contribution in [-0.4, -0.2) is 55.9 Å². The SMILES string of the molecule is CC(C)OC(=O)C(C)(C)N[P@@](=O)(COc1ccc2ccccc2c1)CO[C@H](C)Cn1cnc2c(N)ncnc21. The minimum atomic E-state index is -3.43. The maximum Gasteiger partial charge on any atom is 0.326 e. The molecule has 0 bridgehead atoms. The summed E-state index contributed by atoms with van der Waals surface area (Å²) >= 11 is 0. The standard InChI is InChI=1S/C27H35N6O5P/c1-18(2)38-26(34)27(4,5)32-39(35,17-37-22-11-10-20-8-6-7-9-21(20)12-22)16-36-19(3)13-33-15-31-23-24(28)29-14-30-25(23)33/h6-12,14-15,18-19H,13,16-17H2,1-5H3,(H,32,35)(H2,28,29,30)/t19-,39+/m1/s1. The number of hydrogen-bond donors (Lipinski definition) is 2. The number of rotatable bonds is 12. The van der Waals surface area contributed by atoms with Crippen LogP contribution in [0.15, 0.2) is 55.1 Å². The van der Waals surface area contributed by atoms with E-state index in [1.54, 1.807) is 38.6 Å². The van der Waals surface area contributed by atoms with Crippen LogP contribution in [0.4, 0.5) is 5.82 Å². The van der Waals surface area contributed by atoms with Gasteiger partial charge in [-0.25, -0.2) is 20.0 Å². The molecule has 3 N–H and O–H groups in total. The molecule has 0 unspecified atom stereocenters. The molecule has 0 radical (unpaired) electrons. The summed E-state index contributed by atoms with van der Waals surface area (Å²) in [6, 6.07) is 13.6. The Hall–Kier alpha value is -3.53. The maximum atomic E-state index is 14.2. The van der Waals surface area contributed by atoms with E-state index in [1.165, 1.54) is 6.33 Å². The fourth-order valence-electron chi connectivity index (χ4n) is 4.06. The first kappa shape index (κ1) is 28.5. The fourth-order valence-corrected chi connectivity index (χ4v) is 6.23. The number of ether oxygens (including phenoxy) is 3. The average molecular weight is 555 g/mol. The molecule has 2 aromatic carbocycles. The summed E-state index contributed by atoms with van der Waals surface area (Å²) in [6.45, 7) is 9.02. The number of nitrogen functional groups attached to an aromatic ring is 1. The van der Waals surface area contributed by atoms with Crippen molar-refractivity contribution in [3.63, 3.8) is 0 Å². The number of esters is 1. The number of fused-ring (bicyclic) bond motifs is 2. The molecular formula is C27H35N6O5P. The molecule has 2 heterocycles. The molecular weight excluding hydrogens is 519 g/mol. The van der Waals surface area contributed by atoms with Crippen molar-refractivity contribution < 1.29 is 23.6 Å². The van der Waals surface area contributed by atoms with Crippen molar-refractivity contribution in [2.45, 2.75) is 58.9 Å². The van der Waals surface area contributed by atoms with Crippen molar-refractivity contribution in [3.8, 4) is 5.75 Å². The maximum absolute atomic E-state index is 14.2. The highest BCUT2D eigenvalue weighted by Gasteiger charge is 2.38. The van der Waals surface area contributed by atoms with Crippen LogP contribution in [-0.2, 0) is 25.4 Å². The van der Waals surface area contributed by atoms with Gasteiger partial charge in [0, 0.05) is 0 Å². The van der Waals surface area contributed by atoms with Gasteiger partial charge in [0.15, 0.2) is 17.8 Å².